The molecule has 0 aliphatic heterocycles. The molecule has 1 N–H and O–H groups in total. The zero-order valence-electron chi connectivity index (χ0n) is 14.8. The molecule has 0 saturated heterocycles. The Kier molecular flexibility index (Phi) is 5.14. The van der Waals surface area contributed by atoms with Crippen LogP contribution in [0.2, 0.25) is 5.02 Å². The normalized spacial score (nSPS) is 11.4. The standard InChI is InChI=1S/C19H15ClN4O3S/c1-12-9-13(6-7-16(12)20)26-11-15-5-4-14(27-15)10-21-24-18(22-23-19(24)28)17-3-2-8-25-17/h2-10H,11H2,1H3,(H,23,28)/b21-10-. The fraction of sp³-hybridized carbons (Fsp3) is 0.105. The zero-order chi connectivity index (χ0) is 19.5. The minimum atomic E-state index is 0.289. The highest BCUT2D eigenvalue weighted by molar-refractivity contribution is 7.71. The number of aromatic nitrogens is 3. The van der Waals surface area contributed by atoms with Crippen molar-refractivity contribution in [3.8, 4) is 17.3 Å². The van der Waals surface area contributed by atoms with Crippen LogP contribution in [-0.4, -0.2) is 21.1 Å². The molecular weight excluding hydrogens is 400 g/mol. The third kappa shape index (κ3) is 3.92. The topological polar surface area (TPSA) is 81.5 Å². The summed E-state index contributed by atoms with van der Waals surface area (Å²) >= 11 is 11.2. The van der Waals surface area contributed by atoms with Crippen molar-refractivity contribution in [2.45, 2.75) is 13.5 Å². The van der Waals surface area contributed by atoms with E-state index in [1.54, 1.807) is 36.7 Å². The predicted octanol–water partition coefficient (Wildman–Crippen LogP) is 5.22. The molecule has 3 heterocycles. The van der Waals surface area contributed by atoms with Gasteiger partial charge >= 0.3 is 0 Å². The van der Waals surface area contributed by atoms with Crippen LogP contribution in [0.5, 0.6) is 5.75 Å². The second-order valence-corrected chi connectivity index (χ2v) is 6.68. The minimum absolute atomic E-state index is 0.289. The molecule has 9 heteroatoms. The first-order valence-corrected chi connectivity index (χ1v) is 9.12. The van der Waals surface area contributed by atoms with E-state index < -0.39 is 0 Å². The molecule has 4 rings (SSSR count). The zero-order valence-corrected chi connectivity index (χ0v) is 16.3. The molecule has 0 radical (unpaired) electrons. The maximum Gasteiger partial charge on any atom is 0.219 e. The molecule has 0 spiro atoms. The van der Waals surface area contributed by atoms with Gasteiger partial charge in [-0.25, -0.2) is 5.10 Å². The van der Waals surface area contributed by atoms with E-state index >= 15 is 0 Å². The highest BCUT2D eigenvalue weighted by Crippen LogP contribution is 2.22. The monoisotopic (exact) mass is 414 g/mol. The van der Waals surface area contributed by atoms with Crippen LogP contribution in [0.4, 0.5) is 0 Å². The summed E-state index contributed by atoms with van der Waals surface area (Å²) in [5.74, 6) is 2.97. The van der Waals surface area contributed by atoms with Crippen LogP contribution in [-0.2, 0) is 6.61 Å². The maximum atomic E-state index is 6.02. The van der Waals surface area contributed by atoms with Gasteiger partial charge in [0.2, 0.25) is 10.6 Å². The third-order valence-corrected chi connectivity index (χ3v) is 4.57. The minimum Gasteiger partial charge on any atom is -0.486 e. The lowest BCUT2D eigenvalue weighted by atomic mass is 10.2. The molecule has 7 nitrogen and oxygen atoms in total. The van der Waals surface area contributed by atoms with E-state index in [4.69, 9.17) is 37.4 Å². The Morgan fingerprint density at radius 1 is 1.32 bits per heavy atom. The van der Waals surface area contributed by atoms with Gasteiger partial charge in [0.25, 0.3) is 0 Å². The summed E-state index contributed by atoms with van der Waals surface area (Å²) in [4.78, 5) is 0. The molecule has 3 aromatic heterocycles. The van der Waals surface area contributed by atoms with Crippen LogP contribution in [0.25, 0.3) is 11.6 Å². The average molecular weight is 415 g/mol. The van der Waals surface area contributed by atoms with E-state index in [2.05, 4.69) is 15.3 Å². The number of aromatic amines is 1. The number of ether oxygens (including phenoxy) is 1. The third-order valence-electron chi connectivity index (χ3n) is 3.89. The Morgan fingerprint density at radius 2 is 2.21 bits per heavy atom. The molecule has 0 aliphatic carbocycles. The fourth-order valence-corrected chi connectivity index (χ4v) is 2.78. The Balaban J connectivity index is 1.46. The van der Waals surface area contributed by atoms with Crippen molar-refractivity contribution in [3.05, 3.63) is 75.6 Å². The van der Waals surface area contributed by atoms with Crippen LogP contribution in [0.3, 0.4) is 0 Å². The molecule has 1 aromatic carbocycles. The number of hydrogen-bond donors (Lipinski definition) is 1. The lowest BCUT2D eigenvalue weighted by Crippen LogP contribution is -1.95. The molecule has 142 valence electrons. The summed E-state index contributed by atoms with van der Waals surface area (Å²) in [7, 11) is 0. The summed E-state index contributed by atoms with van der Waals surface area (Å²) in [6.45, 7) is 2.21. The first-order chi connectivity index (χ1) is 13.6. The van der Waals surface area contributed by atoms with Crippen molar-refractivity contribution in [2.75, 3.05) is 0 Å². The van der Waals surface area contributed by atoms with Crippen molar-refractivity contribution in [1.29, 1.82) is 0 Å². The van der Waals surface area contributed by atoms with Crippen LogP contribution in [0.15, 0.2) is 62.7 Å². The van der Waals surface area contributed by atoms with Gasteiger partial charge in [-0.15, -0.1) is 5.10 Å². The van der Waals surface area contributed by atoms with Crippen LogP contribution < -0.4 is 4.74 Å². The van der Waals surface area contributed by atoms with E-state index in [-0.39, 0.29) is 6.61 Å². The first kappa shape index (κ1) is 18.3. The SMILES string of the molecule is Cc1cc(OCc2ccc(/C=N\n3c(-c4ccco4)n[nH]c3=S)o2)ccc1Cl. The summed E-state index contributed by atoms with van der Waals surface area (Å²) in [6.07, 6.45) is 3.11. The first-order valence-electron chi connectivity index (χ1n) is 8.33. The van der Waals surface area contributed by atoms with Gasteiger partial charge in [-0.05, 0) is 67.2 Å². The second-order valence-electron chi connectivity index (χ2n) is 5.89. The van der Waals surface area contributed by atoms with Crippen LogP contribution in [0.1, 0.15) is 17.1 Å². The Morgan fingerprint density at radius 3 is 3.00 bits per heavy atom. The predicted molar refractivity (Wildman–Crippen MR) is 107 cm³/mol. The number of nitrogens with zero attached hydrogens (tertiary/aromatic N) is 3. The molecular formula is C19H15ClN4O3S. The van der Waals surface area contributed by atoms with Crippen molar-refractivity contribution < 1.29 is 13.6 Å². The fourth-order valence-electron chi connectivity index (χ4n) is 2.48. The Hall–Kier alpha value is -3.10. The Labute approximate surface area is 170 Å². The second kappa shape index (κ2) is 7.87. The number of benzene rings is 1. The van der Waals surface area contributed by atoms with Crippen molar-refractivity contribution in [2.24, 2.45) is 5.10 Å². The van der Waals surface area contributed by atoms with E-state index in [1.165, 1.54) is 4.68 Å². The van der Waals surface area contributed by atoms with Crippen molar-refractivity contribution in [3.63, 3.8) is 0 Å². The van der Waals surface area contributed by atoms with Crippen molar-refractivity contribution >= 4 is 30.0 Å². The van der Waals surface area contributed by atoms with E-state index in [0.29, 0.717) is 32.9 Å². The van der Waals surface area contributed by atoms with Gasteiger partial charge in [-0.2, -0.15) is 9.78 Å². The number of halogens is 1. The smallest absolute Gasteiger partial charge is 0.219 e. The molecule has 4 aromatic rings. The lowest BCUT2D eigenvalue weighted by molar-refractivity contribution is 0.269. The largest absolute Gasteiger partial charge is 0.486 e. The van der Waals surface area contributed by atoms with Gasteiger partial charge in [-0.3, -0.25) is 0 Å². The summed E-state index contributed by atoms with van der Waals surface area (Å²) < 4.78 is 18.6. The molecule has 0 aliphatic rings. The number of H-pyrrole nitrogens is 1. The van der Waals surface area contributed by atoms with E-state index in [0.717, 1.165) is 11.3 Å². The quantitative estimate of drug-likeness (QED) is 0.345. The van der Waals surface area contributed by atoms with Gasteiger partial charge in [0.05, 0.1) is 12.5 Å². The van der Waals surface area contributed by atoms with Gasteiger partial charge in [0.1, 0.15) is 23.9 Å². The molecule has 0 bridgehead atoms. The number of rotatable bonds is 6. The van der Waals surface area contributed by atoms with E-state index in [1.807, 2.05) is 25.1 Å². The summed E-state index contributed by atoms with van der Waals surface area (Å²) in [5, 5.41) is 11.9. The van der Waals surface area contributed by atoms with Crippen molar-refractivity contribution in [1.82, 2.24) is 14.9 Å². The highest BCUT2D eigenvalue weighted by Gasteiger charge is 2.10. The lowest BCUT2D eigenvalue weighted by Gasteiger charge is -2.05. The van der Waals surface area contributed by atoms with E-state index in [9.17, 15) is 0 Å². The van der Waals surface area contributed by atoms with Crippen LogP contribution in [0, 0.1) is 11.7 Å². The average Bonchev–Trinajstić information content (AvgIpc) is 3.42. The summed E-state index contributed by atoms with van der Waals surface area (Å²) in [5.41, 5.74) is 0.954. The van der Waals surface area contributed by atoms with Gasteiger partial charge < -0.3 is 13.6 Å². The molecule has 28 heavy (non-hydrogen) atoms. The number of hydrogen-bond acceptors (Lipinski definition) is 6. The van der Waals surface area contributed by atoms with Crippen LogP contribution >= 0.6 is 23.8 Å². The summed E-state index contributed by atoms with van der Waals surface area (Å²) in [6, 6.07) is 12.7. The molecule has 0 amide bonds. The molecule has 0 saturated carbocycles. The number of furan rings is 2. The molecule has 0 atom stereocenters. The van der Waals surface area contributed by atoms with Gasteiger partial charge in [0, 0.05) is 5.02 Å². The van der Waals surface area contributed by atoms with Gasteiger partial charge in [0.15, 0.2) is 5.76 Å². The number of nitrogens with one attached hydrogen (secondary N) is 1. The highest BCUT2D eigenvalue weighted by atomic mass is 35.5. The number of aryl methyl sites for hydroxylation is 1. The molecule has 0 fully saturated rings. The van der Waals surface area contributed by atoms with Gasteiger partial charge in [-0.1, -0.05) is 11.6 Å². The molecule has 0 unspecified atom stereocenters. The Bertz CT molecular complexity index is 1170. The maximum absolute atomic E-state index is 6.02.